The average molecular weight is 343 g/mol. The minimum Gasteiger partial charge on any atom is -0.340 e. The molecule has 0 unspecified atom stereocenters. The van der Waals surface area contributed by atoms with Crippen molar-refractivity contribution >= 4 is 27.5 Å². The summed E-state index contributed by atoms with van der Waals surface area (Å²) in [4.78, 5) is 25.5. The molecule has 3 aromatic rings. The van der Waals surface area contributed by atoms with Crippen molar-refractivity contribution < 1.29 is 9.32 Å². The molecule has 1 saturated heterocycles. The van der Waals surface area contributed by atoms with E-state index in [1.165, 1.54) is 0 Å². The number of rotatable bonds is 3. The van der Waals surface area contributed by atoms with Crippen LogP contribution in [-0.2, 0) is 6.54 Å². The number of benzene rings is 1. The van der Waals surface area contributed by atoms with Crippen LogP contribution in [0.3, 0.4) is 0 Å². The Bertz CT molecular complexity index is 866. The predicted octanol–water partition coefficient (Wildman–Crippen LogP) is 1.95. The van der Waals surface area contributed by atoms with E-state index >= 15 is 0 Å². The molecule has 1 amide bonds. The molecule has 0 aliphatic carbocycles. The standard InChI is InChI=1S/C16H17N5O2S/c1-11-18-14(19-23-11)9-20-5-7-21(8-6-20)16(22)12-3-2-4-13-15(12)17-10-24-13/h2-4,10H,5-9H2,1H3. The second kappa shape index (κ2) is 6.29. The van der Waals surface area contributed by atoms with Crippen molar-refractivity contribution in [1.29, 1.82) is 0 Å². The number of carbonyl (C=O) groups excluding carboxylic acids is 1. The van der Waals surface area contributed by atoms with Crippen LogP contribution in [-0.4, -0.2) is 57.0 Å². The lowest BCUT2D eigenvalue weighted by Crippen LogP contribution is -2.48. The number of aromatic nitrogens is 3. The van der Waals surface area contributed by atoms with Gasteiger partial charge in [0.2, 0.25) is 5.89 Å². The highest BCUT2D eigenvalue weighted by atomic mass is 32.1. The Hall–Kier alpha value is -2.32. The van der Waals surface area contributed by atoms with Gasteiger partial charge < -0.3 is 9.42 Å². The Kier molecular flexibility index (Phi) is 3.99. The Morgan fingerprint density at radius 2 is 2.12 bits per heavy atom. The van der Waals surface area contributed by atoms with Gasteiger partial charge in [-0.2, -0.15) is 4.98 Å². The molecule has 0 saturated carbocycles. The molecule has 124 valence electrons. The summed E-state index contributed by atoms with van der Waals surface area (Å²) in [6.07, 6.45) is 0. The first-order valence-electron chi connectivity index (χ1n) is 7.84. The number of fused-ring (bicyclic) bond motifs is 1. The van der Waals surface area contributed by atoms with Crippen molar-refractivity contribution in [3.63, 3.8) is 0 Å². The maximum Gasteiger partial charge on any atom is 0.256 e. The third kappa shape index (κ3) is 2.90. The first-order valence-corrected chi connectivity index (χ1v) is 8.72. The van der Waals surface area contributed by atoms with E-state index in [0.29, 0.717) is 36.9 Å². The Balaban J connectivity index is 1.42. The van der Waals surface area contributed by atoms with Gasteiger partial charge in [-0.1, -0.05) is 11.2 Å². The highest BCUT2D eigenvalue weighted by Crippen LogP contribution is 2.22. The molecule has 1 aliphatic heterocycles. The second-order valence-electron chi connectivity index (χ2n) is 5.80. The molecule has 2 aromatic heterocycles. The normalized spacial score (nSPS) is 16.0. The van der Waals surface area contributed by atoms with Gasteiger partial charge in [0.1, 0.15) is 0 Å². The van der Waals surface area contributed by atoms with Gasteiger partial charge in [0.15, 0.2) is 5.82 Å². The number of piperazine rings is 1. The van der Waals surface area contributed by atoms with Gasteiger partial charge in [-0.05, 0) is 12.1 Å². The van der Waals surface area contributed by atoms with E-state index in [4.69, 9.17) is 4.52 Å². The van der Waals surface area contributed by atoms with E-state index in [1.54, 1.807) is 23.8 Å². The Labute approximate surface area is 142 Å². The van der Waals surface area contributed by atoms with Crippen molar-refractivity contribution in [2.45, 2.75) is 13.5 Å². The van der Waals surface area contributed by atoms with Crippen LogP contribution in [0.4, 0.5) is 0 Å². The van der Waals surface area contributed by atoms with E-state index in [1.807, 2.05) is 23.1 Å². The molecule has 1 aromatic carbocycles. The number of amides is 1. The molecule has 0 spiro atoms. The van der Waals surface area contributed by atoms with Crippen LogP contribution in [0.1, 0.15) is 22.1 Å². The first kappa shape index (κ1) is 15.2. The van der Waals surface area contributed by atoms with E-state index in [0.717, 1.165) is 23.3 Å². The fourth-order valence-electron chi connectivity index (χ4n) is 2.94. The van der Waals surface area contributed by atoms with Gasteiger partial charge in [-0.15, -0.1) is 11.3 Å². The lowest BCUT2D eigenvalue weighted by Gasteiger charge is -2.34. The summed E-state index contributed by atoms with van der Waals surface area (Å²) in [5.74, 6) is 1.33. The van der Waals surface area contributed by atoms with Gasteiger partial charge in [-0.25, -0.2) is 4.98 Å². The smallest absolute Gasteiger partial charge is 0.256 e. The minimum absolute atomic E-state index is 0.0570. The number of thiazole rings is 1. The maximum absolute atomic E-state index is 12.8. The molecule has 0 N–H and O–H groups in total. The second-order valence-corrected chi connectivity index (χ2v) is 6.69. The fourth-order valence-corrected chi connectivity index (χ4v) is 3.65. The molecule has 24 heavy (non-hydrogen) atoms. The Morgan fingerprint density at radius 3 is 2.88 bits per heavy atom. The number of aryl methyl sites for hydroxylation is 1. The van der Waals surface area contributed by atoms with E-state index in [9.17, 15) is 4.79 Å². The van der Waals surface area contributed by atoms with Crippen LogP contribution in [0.2, 0.25) is 0 Å². The van der Waals surface area contributed by atoms with Gasteiger partial charge in [0.25, 0.3) is 5.91 Å². The van der Waals surface area contributed by atoms with Crippen LogP contribution in [0.5, 0.6) is 0 Å². The lowest BCUT2D eigenvalue weighted by molar-refractivity contribution is 0.0626. The number of hydrogen-bond donors (Lipinski definition) is 0. The average Bonchev–Trinajstić information content (AvgIpc) is 3.23. The molecule has 1 fully saturated rings. The van der Waals surface area contributed by atoms with Crippen molar-refractivity contribution in [1.82, 2.24) is 24.9 Å². The summed E-state index contributed by atoms with van der Waals surface area (Å²) >= 11 is 1.56. The molecule has 0 bridgehead atoms. The maximum atomic E-state index is 12.8. The van der Waals surface area contributed by atoms with E-state index < -0.39 is 0 Å². The molecule has 3 heterocycles. The molecule has 8 heteroatoms. The number of nitrogens with zero attached hydrogens (tertiary/aromatic N) is 5. The summed E-state index contributed by atoms with van der Waals surface area (Å²) in [6.45, 7) is 5.42. The topological polar surface area (TPSA) is 75.4 Å². The monoisotopic (exact) mass is 343 g/mol. The van der Waals surface area contributed by atoms with Crippen molar-refractivity contribution in [3.05, 3.63) is 41.0 Å². The van der Waals surface area contributed by atoms with E-state index in [-0.39, 0.29) is 5.91 Å². The third-order valence-electron chi connectivity index (χ3n) is 4.19. The summed E-state index contributed by atoms with van der Waals surface area (Å²) in [5, 5.41) is 3.92. The van der Waals surface area contributed by atoms with E-state index in [2.05, 4.69) is 20.0 Å². The number of hydrogen-bond acceptors (Lipinski definition) is 7. The van der Waals surface area contributed by atoms with Crippen molar-refractivity contribution in [3.8, 4) is 0 Å². The zero-order valence-corrected chi connectivity index (χ0v) is 14.1. The predicted molar refractivity (Wildman–Crippen MR) is 89.8 cm³/mol. The molecule has 0 atom stereocenters. The molecular formula is C16H17N5O2S. The van der Waals surface area contributed by atoms with Gasteiger partial charge in [-0.3, -0.25) is 9.69 Å². The zero-order chi connectivity index (χ0) is 16.5. The Morgan fingerprint density at radius 1 is 1.29 bits per heavy atom. The number of carbonyl (C=O) groups is 1. The first-order chi connectivity index (χ1) is 11.7. The molecule has 4 rings (SSSR count). The van der Waals surface area contributed by atoms with Crippen molar-refractivity contribution in [2.75, 3.05) is 26.2 Å². The van der Waals surface area contributed by atoms with Crippen LogP contribution in [0.15, 0.2) is 28.2 Å². The van der Waals surface area contributed by atoms with Crippen molar-refractivity contribution in [2.24, 2.45) is 0 Å². The summed E-state index contributed by atoms with van der Waals surface area (Å²) < 4.78 is 6.05. The molecule has 7 nitrogen and oxygen atoms in total. The summed E-state index contributed by atoms with van der Waals surface area (Å²) in [5.41, 5.74) is 3.28. The van der Waals surface area contributed by atoms with Gasteiger partial charge in [0, 0.05) is 33.1 Å². The fraction of sp³-hybridized carbons (Fsp3) is 0.375. The van der Waals surface area contributed by atoms with Gasteiger partial charge >= 0.3 is 0 Å². The molecule has 1 aliphatic rings. The summed E-state index contributed by atoms with van der Waals surface area (Å²) in [7, 11) is 0. The summed E-state index contributed by atoms with van der Waals surface area (Å²) in [6, 6.07) is 5.77. The highest BCUT2D eigenvalue weighted by Gasteiger charge is 2.24. The quantitative estimate of drug-likeness (QED) is 0.723. The van der Waals surface area contributed by atoms with Crippen LogP contribution >= 0.6 is 11.3 Å². The van der Waals surface area contributed by atoms with Crippen LogP contribution < -0.4 is 0 Å². The molecular weight excluding hydrogens is 326 g/mol. The van der Waals surface area contributed by atoms with Crippen LogP contribution in [0.25, 0.3) is 10.2 Å². The largest absolute Gasteiger partial charge is 0.340 e. The zero-order valence-electron chi connectivity index (χ0n) is 13.3. The van der Waals surface area contributed by atoms with Crippen LogP contribution in [0, 0.1) is 6.92 Å². The SMILES string of the molecule is Cc1nc(CN2CCN(C(=O)c3cccc4scnc34)CC2)no1. The third-order valence-corrected chi connectivity index (χ3v) is 4.98. The number of para-hydroxylation sites is 1. The molecule has 0 radical (unpaired) electrons. The van der Waals surface area contributed by atoms with Gasteiger partial charge in [0.05, 0.1) is 27.8 Å². The highest BCUT2D eigenvalue weighted by molar-refractivity contribution is 7.16. The lowest BCUT2D eigenvalue weighted by atomic mass is 10.1. The minimum atomic E-state index is 0.0570.